The molecule has 1 aromatic carbocycles. The number of nitrogens with one attached hydrogen (secondary N) is 2. The highest BCUT2D eigenvalue weighted by Gasteiger charge is 2.12. The first kappa shape index (κ1) is 18.1. The van der Waals surface area contributed by atoms with E-state index in [2.05, 4.69) is 25.6 Å². The van der Waals surface area contributed by atoms with Gasteiger partial charge in [0.1, 0.15) is 5.82 Å². The molecule has 0 radical (unpaired) electrons. The van der Waals surface area contributed by atoms with E-state index in [4.69, 9.17) is 11.6 Å². The van der Waals surface area contributed by atoms with Crippen LogP contribution in [-0.2, 0) is 0 Å². The smallest absolute Gasteiger partial charge is 0.225 e. The molecule has 0 saturated heterocycles. The van der Waals surface area contributed by atoms with Gasteiger partial charge in [0, 0.05) is 18.3 Å². The summed E-state index contributed by atoms with van der Waals surface area (Å²) in [4.78, 5) is 13.4. The number of para-hydroxylation sites is 1. The monoisotopic (exact) mass is 369 g/mol. The number of aliphatic hydroxyl groups is 1. The van der Waals surface area contributed by atoms with Gasteiger partial charge in [-0.15, -0.1) is 0 Å². The zero-order valence-electron chi connectivity index (χ0n) is 14.6. The van der Waals surface area contributed by atoms with Crippen LogP contribution in [-0.4, -0.2) is 32.7 Å². The molecule has 0 spiro atoms. The van der Waals surface area contributed by atoms with Gasteiger partial charge in [0.2, 0.25) is 5.95 Å². The number of hydrogen-bond acceptors (Lipinski definition) is 6. The first-order valence-electron chi connectivity index (χ1n) is 8.27. The molecular formula is C19H20ClN5O. The third kappa shape index (κ3) is 4.28. The van der Waals surface area contributed by atoms with E-state index in [-0.39, 0.29) is 12.6 Å². The maximum Gasteiger partial charge on any atom is 0.225 e. The van der Waals surface area contributed by atoms with Crippen molar-refractivity contribution in [3.63, 3.8) is 0 Å². The number of hydrogen-bond donors (Lipinski definition) is 3. The molecule has 26 heavy (non-hydrogen) atoms. The third-order valence-corrected chi connectivity index (χ3v) is 4.09. The maximum atomic E-state index is 9.30. The van der Waals surface area contributed by atoms with Crippen LogP contribution in [0.15, 0.2) is 48.7 Å². The van der Waals surface area contributed by atoms with Crippen molar-refractivity contribution in [1.29, 1.82) is 0 Å². The number of aromatic nitrogens is 3. The van der Waals surface area contributed by atoms with Crippen LogP contribution < -0.4 is 10.6 Å². The second-order valence-corrected chi connectivity index (χ2v) is 6.37. The molecule has 2 aromatic heterocycles. The number of nitrogens with zero attached hydrogens (tertiary/aromatic N) is 3. The number of aliphatic hydroxyl groups excluding tert-OH is 1. The number of halogens is 1. The molecule has 0 unspecified atom stereocenters. The largest absolute Gasteiger partial charge is 0.394 e. The quantitative estimate of drug-likeness (QED) is 0.608. The van der Waals surface area contributed by atoms with Gasteiger partial charge in [-0.25, -0.2) is 4.98 Å². The molecule has 0 fully saturated rings. The van der Waals surface area contributed by atoms with Gasteiger partial charge in [0.15, 0.2) is 0 Å². The van der Waals surface area contributed by atoms with Gasteiger partial charge in [-0.2, -0.15) is 4.98 Å². The fraction of sp³-hybridized carbons (Fsp3) is 0.211. The van der Waals surface area contributed by atoms with E-state index in [9.17, 15) is 5.11 Å². The van der Waals surface area contributed by atoms with Crippen LogP contribution in [0, 0.1) is 6.92 Å². The van der Waals surface area contributed by atoms with Crippen molar-refractivity contribution in [3.05, 3.63) is 59.2 Å². The van der Waals surface area contributed by atoms with Crippen LogP contribution in [0.3, 0.4) is 0 Å². The average molecular weight is 370 g/mol. The van der Waals surface area contributed by atoms with Gasteiger partial charge < -0.3 is 15.7 Å². The zero-order valence-corrected chi connectivity index (χ0v) is 15.3. The van der Waals surface area contributed by atoms with E-state index < -0.39 is 0 Å². The summed E-state index contributed by atoms with van der Waals surface area (Å²) in [6.45, 7) is 3.80. The number of anilines is 3. The van der Waals surface area contributed by atoms with E-state index in [1.54, 1.807) is 6.20 Å². The first-order chi connectivity index (χ1) is 12.6. The molecule has 0 aliphatic rings. The van der Waals surface area contributed by atoms with Gasteiger partial charge in [0.25, 0.3) is 0 Å². The van der Waals surface area contributed by atoms with Gasteiger partial charge in [-0.3, -0.25) is 4.98 Å². The predicted octanol–water partition coefficient (Wildman–Crippen LogP) is 4.04. The highest BCUT2D eigenvalue weighted by molar-refractivity contribution is 6.33. The Hall–Kier alpha value is -2.70. The topological polar surface area (TPSA) is 83.0 Å². The van der Waals surface area contributed by atoms with Gasteiger partial charge in [0.05, 0.1) is 28.7 Å². The van der Waals surface area contributed by atoms with E-state index in [1.165, 1.54) is 0 Å². The molecule has 0 aliphatic heterocycles. The van der Waals surface area contributed by atoms with Gasteiger partial charge in [-0.1, -0.05) is 29.8 Å². The Balaban J connectivity index is 2.02. The Labute approximate surface area is 157 Å². The molecule has 2 heterocycles. The SMILES string of the molecule is Cc1cccc(Cl)c1Nc1cc(-c2ccccn2)nc(N[C@@H](C)CO)n1. The van der Waals surface area contributed by atoms with Crippen molar-refractivity contribution < 1.29 is 5.11 Å². The fourth-order valence-corrected chi connectivity index (χ4v) is 2.67. The second kappa shape index (κ2) is 8.12. The zero-order chi connectivity index (χ0) is 18.5. The molecule has 6 nitrogen and oxygen atoms in total. The third-order valence-electron chi connectivity index (χ3n) is 3.78. The number of rotatable bonds is 6. The van der Waals surface area contributed by atoms with Gasteiger partial charge in [-0.05, 0) is 37.6 Å². The lowest BCUT2D eigenvalue weighted by atomic mass is 10.2. The molecule has 3 N–H and O–H groups in total. The summed E-state index contributed by atoms with van der Waals surface area (Å²) >= 11 is 6.32. The van der Waals surface area contributed by atoms with E-state index >= 15 is 0 Å². The lowest BCUT2D eigenvalue weighted by Gasteiger charge is -2.15. The van der Waals surface area contributed by atoms with E-state index in [1.807, 2.05) is 56.3 Å². The molecule has 0 aliphatic carbocycles. The first-order valence-corrected chi connectivity index (χ1v) is 8.64. The summed E-state index contributed by atoms with van der Waals surface area (Å²) in [6.07, 6.45) is 1.71. The highest BCUT2D eigenvalue weighted by atomic mass is 35.5. The number of aryl methyl sites for hydroxylation is 1. The molecule has 0 saturated carbocycles. The van der Waals surface area contributed by atoms with Crippen molar-refractivity contribution in [3.8, 4) is 11.4 Å². The molecule has 0 amide bonds. The van der Waals surface area contributed by atoms with Gasteiger partial charge >= 0.3 is 0 Å². The standard InChI is InChI=1S/C19H20ClN5O/c1-12-6-5-7-14(20)18(12)24-17-10-16(15-8-3-4-9-21-15)23-19(25-17)22-13(2)11-26/h3-10,13,26H,11H2,1-2H3,(H2,22,23,24,25)/t13-/m0/s1. The molecule has 134 valence electrons. The lowest BCUT2D eigenvalue weighted by molar-refractivity contribution is 0.281. The molecular weight excluding hydrogens is 350 g/mol. The van der Waals surface area contributed by atoms with Crippen LogP contribution >= 0.6 is 11.6 Å². The maximum absolute atomic E-state index is 9.30. The summed E-state index contributed by atoms with van der Waals surface area (Å²) in [5.74, 6) is 0.992. The van der Waals surface area contributed by atoms with Crippen LogP contribution in [0.1, 0.15) is 12.5 Å². The molecule has 1 atom stereocenters. The highest BCUT2D eigenvalue weighted by Crippen LogP contribution is 2.29. The van der Waals surface area contributed by atoms with Crippen LogP contribution in [0.2, 0.25) is 5.02 Å². The van der Waals surface area contributed by atoms with Crippen LogP contribution in [0.5, 0.6) is 0 Å². The summed E-state index contributed by atoms with van der Waals surface area (Å²) in [5, 5.41) is 16.3. The fourth-order valence-electron chi connectivity index (χ4n) is 2.41. The Morgan fingerprint density at radius 1 is 1.12 bits per heavy atom. The Morgan fingerprint density at radius 2 is 1.96 bits per heavy atom. The van der Waals surface area contributed by atoms with Crippen molar-refractivity contribution in [2.24, 2.45) is 0 Å². The minimum absolute atomic E-state index is 0.0242. The summed E-state index contributed by atoms with van der Waals surface area (Å²) in [6, 6.07) is 13.0. The lowest BCUT2D eigenvalue weighted by Crippen LogP contribution is -2.21. The average Bonchev–Trinajstić information content (AvgIpc) is 2.65. The number of benzene rings is 1. The molecule has 0 bridgehead atoms. The summed E-state index contributed by atoms with van der Waals surface area (Å²) in [5.41, 5.74) is 3.20. The summed E-state index contributed by atoms with van der Waals surface area (Å²) < 4.78 is 0. The van der Waals surface area contributed by atoms with Crippen LogP contribution in [0.4, 0.5) is 17.5 Å². The Bertz CT molecular complexity index is 868. The minimum atomic E-state index is -0.177. The van der Waals surface area contributed by atoms with Crippen LogP contribution in [0.25, 0.3) is 11.4 Å². The van der Waals surface area contributed by atoms with E-state index in [0.29, 0.717) is 22.5 Å². The van der Waals surface area contributed by atoms with Crippen molar-refractivity contribution >= 4 is 29.1 Å². The van der Waals surface area contributed by atoms with Crippen molar-refractivity contribution in [2.45, 2.75) is 19.9 Å². The second-order valence-electron chi connectivity index (χ2n) is 5.96. The van der Waals surface area contributed by atoms with Crippen molar-refractivity contribution in [2.75, 3.05) is 17.2 Å². The normalized spacial score (nSPS) is 11.8. The Kier molecular flexibility index (Phi) is 5.65. The summed E-state index contributed by atoms with van der Waals surface area (Å²) in [7, 11) is 0. The molecule has 3 rings (SSSR count). The molecule has 3 aromatic rings. The molecule has 7 heteroatoms. The van der Waals surface area contributed by atoms with Crippen molar-refractivity contribution in [1.82, 2.24) is 15.0 Å². The van der Waals surface area contributed by atoms with E-state index in [0.717, 1.165) is 16.9 Å². The minimum Gasteiger partial charge on any atom is -0.394 e. The number of pyridine rings is 1. The predicted molar refractivity (Wildman–Crippen MR) is 105 cm³/mol. The Morgan fingerprint density at radius 3 is 2.65 bits per heavy atom.